The van der Waals surface area contributed by atoms with Gasteiger partial charge < -0.3 is 5.41 Å². The fraction of sp³-hybridized carbons (Fsp3) is 0.833. The van der Waals surface area contributed by atoms with Crippen LogP contribution in [0.4, 0.5) is 0 Å². The highest BCUT2D eigenvalue weighted by Crippen LogP contribution is 2.62. The van der Waals surface area contributed by atoms with E-state index in [0.29, 0.717) is 5.41 Å². The lowest BCUT2D eigenvalue weighted by Crippen LogP contribution is -2.52. The molecule has 0 heterocycles. The van der Waals surface area contributed by atoms with Gasteiger partial charge in [0.05, 0.1) is 0 Å². The molecule has 0 aromatic rings. The molecule has 3 rings (SSSR count). The molecule has 1 nitrogen and oxygen atoms in total. The van der Waals surface area contributed by atoms with Crippen molar-refractivity contribution in [3.8, 4) is 0 Å². The fourth-order valence-corrected chi connectivity index (χ4v) is 1.72. The molecule has 1 heteroatoms. The van der Waals surface area contributed by atoms with Crippen LogP contribution in [0.3, 0.4) is 0 Å². The molecule has 0 unspecified atom stereocenters. The van der Waals surface area contributed by atoms with Crippen molar-refractivity contribution in [1.29, 1.82) is 5.41 Å². The van der Waals surface area contributed by atoms with E-state index in [1.165, 1.54) is 19.3 Å². The minimum atomic E-state index is 0.449. The quantitative estimate of drug-likeness (QED) is 0.476. The van der Waals surface area contributed by atoms with E-state index in [-0.39, 0.29) is 0 Å². The molecule has 2 bridgehead atoms. The number of hydrogen-bond donors (Lipinski definition) is 1. The van der Waals surface area contributed by atoms with Crippen molar-refractivity contribution in [2.75, 3.05) is 0 Å². The van der Waals surface area contributed by atoms with Crippen LogP contribution >= 0.6 is 0 Å². The second-order valence-corrected chi connectivity index (χ2v) is 2.99. The van der Waals surface area contributed by atoms with Crippen molar-refractivity contribution in [3.05, 3.63) is 0 Å². The van der Waals surface area contributed by atoms with Crippen molar-refractivity contribution >= 4 is 6.21 Å². The first kappa shape index (κ1) is 3.65. The highest BCUT2D eigenvalue weighted by atomic mass is 14.6. The SMILES string of the molecule is N=CC12CC(C1)C2. The third-order valence-corrected chi connectivity index (χ3v) is 2.39. The van der Waals surface area contributed by atoms with E-state index >= 15 is 0 Å². The Balaban J connectivity index is 2.16. The summed E-state index contributed by atoms with van der Waals surface area (Å²) in [6, 6.07) is 0. The molecule has 0 saturated heterocycles. The number of nitrogens with one attached hydrogen (secondary N) is 1. The smallest absolute Gasteiger partial charge is 0.00575 e. The van der Waals surface area contributed by atoms with Crippen LogP contribution in [0, 0.1) is 16.7 Å². The van der Waals surface area contributed by atoms with Crippen LogP contribution < -0.4 is 0 Å². The van der Waals surface area contributed by atoms with Gasteiger partial charge in [-0.25, -0.2) is 0 Å². The molecule has 0 atom stereocenters. The summed E-state index contributed by atoms with van der Waals surface area (Å²) in [5.41, 5.74) is 0.449. The summed E-state index contributed by atoms with van der Waals surface area (Å²) in [5.74, 6) is 1.03. The van der Waals surface area contributed by atoms with Crippen molar-refractivity contribution < 1.29 is 0 Å². The largest absolute Gasteiger partial charge is 0.313 e. The zero-order valence-electron chi connectivity index (χ0n) is 4.28. The first-order valence-corrected chi connectivity index (χ1v) is 2.86. The Morgan fingerprint density at radius 1 is 1.43 bits per heavy atom. The van der Waals surface area contributed by atoms with Gasteiger partial charge in [-0.15, -0.1) is 0 Å². The van der Waals surface area contributed by atoms with Crippen LogP contribution in [0.5, 0.6) is 0 Å². The van der Waals surface area contributed by atoms with Crippen LogP contribution in [0.25, 0.3) is 0 Å². The Labute approximate surface area is 43.2 Å². The van der Waals surface area contributed by atoms with Crippen LogP contribution in [0.2, 0.25) is 0 Å². The summed E-state index contributed by atoms with van der Waals surface area (Å²) < 4.78 is 0. The molecule has 0 spiro atoms. The molecule has 3 aliphatic rings. The van der Waals surface area contributed by atoms with Gasteiger partial charge in [0.25, 0.3) is 0 Å². The Bertz CT molecular complexity index is 100. The molecule has 1 N–H and O–H groups in total. The van der Waals surface area contributed by atoms with Gasteiger partial charge in [0, 0.05) is 11.6 Å². The number of rotatable bonds is 1. The minimum Gasteiger partial charge on any atom is -0.313 e. The van der Waals surface area contributed by atoms with Gasteiger partial charge in [-0.1, -0.05) is 0 Å². The third-order valence-electron chi connectivity index (χ3n) is 2.39. The second-order valence-electron chi connectivity index (χ2n) is 2.99. The zero-order valence-corrected chi connectivity index (χ0v) is 4.28. The highest BCUT2D eigenvalue weighted by Gasteiger charge is 2.54. The molecule has 3 saturated carbocycles. The Morgan fingerprint density at radius 2 is 2.00 bits per heavy atom. The van der Waals surface area contributed by atoms with Crippen molar-refractivity contribution in [3.63, 3.8) is 0 Å². The average molecular weight is 95.1 g/mol. The molecule has 0 aromatic carbocycles. The van der Waals surface area contributed by atoms with Gasteiger partial charge in [-0.05, 0) is 25.2 Å². The molecule has 0 amide bonds. The summed E-state index contributed by atoms with van der Waals surface area (Å²) in [6.07, 6.45) is 5.64. The zero-order chi connectivity index (χ0) is 4.91. The minimum absolute atomic E-state index is 0.449. The summed E-state index contributed by atoms with van der Waals surface area (Å²) in [4.78, 5) is 0. The second kappa shape index (κ2) is 0.770. The molecule has 3 aliphatic carbocycles. The third kappa shape index (κ3) is 0.245. The van der Waals surface area contributed by atoms with E-state index in [1.807, 2.05) is 0 Å². The molecular weight excluding hydrogens is 86.1 g/mol. The van der Waals surface area contributed by atoms with Gasteiger partial charge in [-0.3, -0.25) is 0 Å². The average Bonchev–Trinajstić information content (AvgIpc) is 1.25. The van der Waals surface area contributed by atoms with E-state index in [4.69, 9.17) is 5.41 Å². The predicted molar refractivity (Wildman–Crippen MR) is 28.6 cm³/mol. The van der Waals surface area contributed by atoms with E-state index in [0.717, 1.165) is 5.92 Å². The Hall–Kier alpha value is -0.330. The molecule has 7 heavy (non-hydrogen) atoms. The van der Waals surface area contributed by atoms with Crippen molar-refractivity contribution in [1.82, 2.24) is 0 Å². The lowest BCUT2D eigenvalue weighted by atomic mass is 9.45. The maximum absolute atomic E-state index is 6.97. The van der Waals surface area contributed by atoms with E-state index in [2.05, 4.69) is 0 Å². The summed E-state index contributed by atoms with van der Waals surface area (Å²) in [5, 5.41) is 6.97. The van der Waals surface area contributed by atoms with E-state index in [9.17, 15) is 0 Å². The van der Waals surface area contributed by atoms with E-state index in [1.54, 1.807) is 6.21 Å². The standard InChI is InChI=1S/C6H9N/c7-4-6-1-5(2-6)3-6/h4-5,7H,1-3H2. The van der Waals surface area contributed by atoms with Crippen LogP contribution in [0.15, 0.2) is 0 Å². The summed E-state index contributed by atoms with van der Waals surface area (Å²) in [7, 11) is 0. The number of hydrogen-bond acceptors (Lipinski definition) is 1. The van der Waals surface area contributed by atoms with Crippen LogP contribution in [-0.2, 0) is 0 Å². The first-order chi connectivity index (χ1) is 3.35. The molecular formula is C6H9N. The van der Waals surface area contributed by atoms with E-state index < -0.39 is 0 Å². The van der Waals surface area contributed by atoms with Crippen LogP contribution in [-0.4, -0.2) is 6.21 Å². The molecule has 38 valence electrons. The van der Waals surface area contributed by atoms with Gasteiger partial charge in [-0.2, -0.15) is 0 Å². The maximum Gasteiger partial charge on any atom is 0.00575 e. The maximum atomic E-state index is 6.97. The normalized spacial score (nSPS) is 54.6. The molecule has 0 aliphatic heterocycles. The summed E-state index contributed by atoms with van der Waals surface area (Å²) >= 11 is 0. The molecule has 0 radical (unpaired) electrons. The van der Waals surface area contributed by atoms with Crippen LogP contribution in [0.1, 0.15) is 19.3 Å². The van der Waals surface area contributed by atoms with Gasteiger partial charge in [0.15, 0.2) is 0 Å². The lowest BCUT2D eigenvalue weighted by Gasteiger charge is -2.59. The molecule has 3 fully saturated rings. The predicted octanol–water partition coefficient (Wildman–Crippen LogP) is 1.44. The lowest BCUT2D eigenvalue weighted by molar-refractivity contribution is -0.0363. The van der Waals surface area contributed by atoms with Gasteiger partial charge >= 0.3 is 0 Å². The first-order valence-electron chi connectivity index (χ1n) is 2.86. The van der Waals surface area contributed by atoms with Gasteiger partial charge in [0.1, 0.15) is 0 Å². The highest BCUT2D eigenvalue weighted by molar-refractivity contribution is 5.67. The Kier molecular flexibility index (Phi) is 0.401. The topological polar surface area (TPSA) is 23.9 Å². The Morgan fingerprint density at radius 3 is 2.00 bits per heavy atom. The fourth-order valence-electron chi connectivity index (χ4n) is 1.72. The monoisotopic (exact) mass is 95.1 g/mol. The van der Waals surface area contributed by atoms with Crippen molar-refractivity contribution in [2.45, 2.75) is 19.3 Å². The molecule has 0 aromatic heterocycles. The van der Waals surface area contributed by atoms with Crippen molar-refractivity contribution in [2.24, 2.45) is 11.3 Å². The van der Waals surface area contributed by atoms with Gasteiger partial charge in [0.2, 0.25) is 0 Å². The summed E-state index contributed by atoms with van der Waals surface area (Å²) in [6.45, 7) is 0.